The quantitative estimate of drug-likeness (QED) is 0.717. The average Bonchev–Trinajstić information content (AvgIpc) is 2.36. The summed E-state index contributed by atoms with van der Waals surface area (Å²) in [4.78, 5) is 0. The molecule has 1 N–H and O–H groups in total. The number of nitrogens with one attached hydrogen (secondary N) is 1. The fourth-order valence-electron chi connectivity index (χ4n) is 1.67. The predicted octanol–water partition coefficient (Wildman–Crippen LogP) is 3.49. The molecule has 0 saturated carbocycles. The van der Waals surface area contributed by atoms with Gasteiger partial charge in [-0.2, -0.15) is 11.8 Å². The third kappa shape index (κ3) is 5.46. The molecule has 1 atom stereocenters. The third-order valence-electron chi connectivity index (χ3n) is 2.65. The van der Waals surface area contributed by atoms with Crippen LogP contribution in [0.4, 0.5) is 0 Å². The summed E-state index contributed by atoms with van der Waals surface area (Å²) in [6.45, 7) is 6.11. The highest BCUT2D eigenvalue weighted by atomic mass is 32.2. The van der Waals surface area contributed by atoms with Gasteiger partial charge in [0.1, 0.15) is 5.75 Å². The normalized spacial score (nSPS) is 12.4. The van der Waals surface area contributed by atoms with Gasteiger partial charge in [0.25, 0.3) is 0 Å². The van der Waals surface area contributed by atoms with Gasteiger partial charge in [0, 0.05) is 6.04 Å². The summed E-state index contributed by atoms with van der Waals surface area (Å²) in [5.41, 5.74) is 1.31. The standard InChI is InChI=1S/C14H23NOS/c1-4-15-12(2)13-6-8-14(9-7-13)16-10-5-11-17-3/h6-9,12,15H,4-5,10-11H2,1-3H3. The Balaban J connectivity index is 2.39. The molecule has 0 aromatic heterocycles. The monoisotopic (exact) mass is 253 g/mol. The number of hydrogen-bond donors (Lipinski definition) is 1. The highest BCUT2D eigenvalue weighted by Gasteiger charge is 2.03. The predicted molar refractivity (Wildman–Crippen MR) is 77.0 cm³/mol. The molecule has 96 valence electrons. The number of ether oxygens (including phenoxy) is 1. The van der Waals surface area contributed by atoms with Gasteiger partial charge in [0.2, 0.25) is 0 Å². The Morgan fingerprint density at radius 3 is 2.59 bits per heavy atom. The minimum absolute atomic E-state index is 0.408. The Labute approximate surface area is 109 Å². The average molecular weight is 253 g/mol. The first-order valence-electron chi connectivity index (χ1n) is 6.23. The van der Waals surface area contributed by atoms with Crippen LogP contribution in [0.1, 0.15) is 31.9 Å². The molecule has 0 aliphatic heterocycles. The molecular formula is C14H23NOS. The molecule has 0 spiro atoms. The van der Waals surface area contributed by atoms with Gasteiger partial charge in [-0.3, -0.25) is 0 Å². The molecule has 0 heterocycles. The van der Waals surface area contributed by atoms with Crippen molar-refractivity contribution in [2.45, 2.75) is 26.3 Å². The number of thioether (sulfide) groups is 1. The summed E-state index contributed by atoms with van der Waals surface area (Å²) < 4.78 is 5.67. The summed E-state index contributed by atoms with van der Waals surface area (Å²) in [5, 5.41) is 3.40. The molecule has 2 nitrogen and oxygen atoms in total. The lowest BCUT2D eigenvalue weighted by atomic mass is 10.1. The van der Waals surface area contributed by atoms with Crippen molar-refractivity contribution in [2.75, 3.05) is 25.2 Å². The van der Waals surface area contributed by atoms with E-state index in [0.717, 1.165) is 31.1 Å². The Hall–Kier alpha value is -0.670. The first-order chi connectivity index (χ1) is 8.27. The number of benzene rings is 1. The minimum Gasteiger partial charge on any atom is -0.494 e. The zero-order valence-corrected chi connectivity index (χ0v) is 11.8. The summed E-state index contributed by atoms with van der Waals surface area (Å²) >= 11 is 1.86. The molecule has 1 aromatic carbocycles. The first-order valence-corrected chi connectivity index (χ1v) is 7.62. The van der Waals surface area contributed by atoms with E-state index in [1.54, 1.807) is 0 Å². The van der Waals surface area contributed by atoms with Crippen LogP contribution in [0.5, 0.6) is 5.75 Å². The van der Waals surface area contributed by atoms with Gasteiger partial charge in [-0.05, 0) is 49.6 Å². The second-order valence-electron chi connectivity index (χ2n) is 4.04. The van der Waals surface area contributed by atoms with Gasteiger partial charge in [-0.1, -0.05) is 19.1 Å². The lowest BCUT2D eigenvalue weighted by Gasteiger charge is -2.13. The Kier molecular flexibility index (Phi) is 7.13. The van der Waals surface area contributed by atoms with Crippen LogP contribution in [-0.2, 0) is 0 Å². The molecule has 1 unspecified atom stereocenters. The second kappa shape index (κ2) is 8.43. The van der Waals surface area contributed by atoms with Gasteiger partial charge in [0.15, 0.2) is 0 Å². The maximum absolute atomic E-state index is 5.67. The van der Waals surface area contributed by atoms with Gasteiger partial charge in [0.05, 0.1) is 6.61 Å². The zero-order chi connectivity index (χ0) is 12.5. The van der Waals surface area contributed by atoms with Crippen LogP contribution in [0.2, 0.25) is 0 Å². The van der Waals surface area contributed by atoms with Crippen molar-refractivity contribution < 1.29 is 4.74 Å². The van der Waals surface area contributed by atoms with Crippen LogP contribution in [0.15, 0.2) is 24.3 Å². The van der Waals surface area contributed by atoms with Crippen molar-refractivity contribution in [1.29, 1.82) is 0 Å². The smallest absolute Gasteiger partial charge is 0.119 e. The van der Waals surface area contributed by atoms with E-state index in [2.05, 4.69) is 49.7 Å². The van der Waals surface area contributed by atoms with Crippen molar-refractivity contribution in [3.63, 3.8) is 0 Å². The van der Waals surface area contributed by atoms with Crippen molar-refractivity contribution >= 4 is 11.8 Å². The molecule has 3 heteroatoms. The van der Waals surface area contributed by atoms with Crippen LogP contribution in [0, 0.1) is 0 Å². The van der Waals surface area contributed by atoms with Gasteiger partial charge < -0.3 is 10.1 Å². The van der Waals surface area contributed by atoms with E-state index in [1.807, 2.05) is 11.8 Å². The van der Waals surface area contributed by atoms with Crippen LogP contribution < -0.4 is 10.1 Å². The first kappa shape index (κ1) is 14.4. The van der Waals surface area contributed by atoms with E-state index in [-0.39, 0.29) is 0 Å². The maximum atomic E-state index is 5.67. The van der Waals surface area contributed by atoms with E-state index in [1.165, 1.54) is 5.56 Å². The van der Waals surface area contributed by atoms with Gasteiger partial charge in [-0.15, -0.1) is 0 Å². The SMILES string of the molecule is CCNC(C)c1ccc(OCCCSC)cc1. The van der Waals surface area contributed by atoms with E-state index in [0.29, 0.717) is 6.04 Å². The van der Waals surface area contributed by atoms with Gasteiger partial charge >= 0.3 is 0 Å². The fourth-order valence-corrected chi connectivity index (χ4v) is 2.08. The Morgan fingerprint density at radius 1 is 1.29 bits per heavy atom. The number of rotatable bonds is 8. The molecule has 1 rings (SSSR count). The van der Waals surface area contributed by atoms with Crippen molar-refractivity contribution in [3.05, 3.63) is 29.8 Å². The second-order valence-corrected chi connectivity index (χ2v) is 5.03. The molecule has 1 aromatic rings. The molecule has 0 amide bonds. The highest BCUT2D eigenvalue weighted by Crippen LogP contribution is 2.17. The summed E-state index contributed by atoms with van der Waals surface area (Å²) in [6, 6.07) is 8.80. The molecular weight excluding hydrogens is 230 g/mol. The third-order valence-corrected chi connectivity index (χ3v) is 3.35. The van der Waals surface area contributed by atoms with Crippen molar-refractivity contribution in [3.8, 4) is 5.75 Å². The maximum Gasteiger partial charge on any atom is 0.119 e. The fraction of sp³-hybridized carbons (Fsp3) is 0.571. The molecule has 0 saturated heterocycles. The lowest BCUT2D eigenvalue weighted by molar-refractivity contribution is 0.318. The van der Waals surface area contributed by atoms with E-state index < -0.39 is 0 Å². The molecule has 17 heavy (non-hydrogen) atoms. The summed E-state index contributed by atoms with van der Waals surface area (Å²) in [6.07, 6.45) is 3.23. The Morgan fingerprint density at radius 2 is 2.00 bits per heavy atom. The number of hydrogen-bond acceptors (Lipinski definition) is 3. The molecule has 0 fully saturated rings. The summed E-state index contributed by atoms with van der Waals surface area (Å²) in [7, 11) is 0. The van der Waals surface area contributed by atoms with E-state index in [9.17, 15) is 0 Å². The Bertz CT molecular complexity index is 300. The van der Waals surface area contributed by atoms with Crippen molar-refractivity contribution in [1.82, 2.24) is 5.32 Å². The van der Waals surface area contributed by atoms with E-state index in [4.69, 9.17) is 4.74 Å². The molecule has 0 aliphatic carbocycles. The molecule has 0 radical (unpaired) electrons. The van der Waals surface area contributed by atoms with Gasteiger partial charge in [-0.25, -0.2) is 0 Å². The molecule has 0 bridgehead atoms. The van der Waals surface area contributed by atoms with Crippen LogP contribution in [0.25, 0.3) is 0 Å². The summed E-state index contributed by atoms with van der Waals surface area (Å²) in [5.74, 6) is 2.13. The van der Waals surface area contributed by atoms with Crippen LogP contribution in [0.3, 0.4) is 0 Å². The van der Waals surface area contributed by atoms with Crippen LogP contribution >= 0.6 is 11.8 Å². The molecule has 0 aliphatic rings. The minimum atomic E-state index is 0.408. The van der Waals surface area contributed by atoms with Crippen LogP contribution in [-0.4, -0.2) is 25.2 Å². The van der Waals surface area contributed by atoms with Crippen molar-refractivity contribution in [2.24, 2.45) is 0 Å². The zero-order valence-electron chi connectivity index (χ0n) is 11.0. The topological polar surface area (TPSA) is 21.3 Å². The lowest BCUT2D eigenvalue weighted by Crippen LogP contribution is -2.17. The van der Waals surface area contributed by atoms with E-state index >= 15 is 0 Å². The largest absolute Gasteiger partial charge is 0.494 e. The highest BCUT2D eigenvalue weighted by molar-refractivity contribution is 7.98.